The number of aryl methyl sites for hydroxylation is 4. The van der Waals surface area contributed by atoms with Gasteiger partial charge >= 0.3 is 0 Å². The largest absolute Gasteiger partial charge is 0.291 e. The van der Waals surface area contributed by atoms with Gasteiger partial charge in [0.2, 0.25) is 0 Å². The van der Waals surface area contributed by atoms with Crippen LogP contribution in [0.25, 0.3) is 77.2 Å². The summed E-state index contributed by atoms with van der Waals surface area (Å²) in [4.78, 5) is 11.0. The molecule has 0 saturated heterocycles. The van der Waals surface area contributed by atoms with Gasteiger partial charge < -0.3 is 0 Å². The zero-order valence-corrected chi connectivity index (χ0v) is 28.1. The molecule has 0 amide bonds. The van der Waals surface area contributed by atoms with Gasteiger partial charge in [0.15, 0.2) is 0 Å². The van der Waals surface area contributed by atoms with Crippen LogP contribution in [0.15, 0.2) is 146 Å². The van der Waals surface area contributed by atoms with Gasteiger partial charge in [-0.2, -0.15) is 0 Å². The fourth-order valence-corrected chi connectivity index (χ4v) is 8.08. The summed E-state index contributed by atoms with van der Waals surface area (Å²) in [7, 11) is 0. The third-order valence-corrected chi connectivity index (χ3v) is 10.3. The highest BCUT2D eigenvalue weighted by molar-refractivity contribution is 6.14. The summed E-state index contributed by atoms with van der Waals surface area (Å²) in [6.45, 7) is 4.34. The van der Waals surface area contributed by atoms with Gasteiger partial charge in [0.05, 0.1) is 33.8 Å². The zero-order chi connectivity index (χ0) is 33.3. The Bertz CT molecular complexity index is 2730. The number of hydrogen-bond acceptors (Lipinski definition) is 2. The van der Waals surface area contributed by atoms with Crippen LogP contribution >= 0.6 is 0 Å². The molecule has 0 spiro atoms. The van der Waals surface area contributed by atoms with Crippen molar-refractivity contribution in [2.45, 2.75) is 26.7 Å². The molecule has 0 aliphatic heterocycles. The second-order valence-electron chi connectivity index (χ2n) is 13.5. The van der Waals surface area contributed by atoms with Crippen LogP contribution in [-0.4, -0.2) is 18.8 Å². The number of fused-ring (bicyclic) bond motifs is 12. The lowest BCUT2D eigenvalue weighted by molar-refractivity contribution is 0.906. The summed E-state index contributed by atoms with van der Waals surface area (Å²) in [5, 5.41) is 7.29. The zero-order valence-electron chi connectivity index (χ0n) is 28.1. The van der Waals surface area contributed by atoms with E-state index in [1.165, 1.54) is 54.5 Å². The van der Waals surface area contributed by atoms with Crippen LogP contribution < -0.4 is 0 Å². The molecule has 4 heterocycles. The molecule has 0 radical (unpaired) electrons. The van der Waals surface area contributed by atoms with E-state index in [9.17, 15) is 0 Å². The number of rotatable bonds is 5. The summed E-state index contributed by atoms with van der Waals surface area (Å²) < 4.78 is 4.79. The van der Waals surface area contributed by atoms with Crippen molar-refractivity contribution >= 4 is 54.6 Å². The van der Waals surface area contributed by atoms with Crippen LogP contribution in [0.3, 0.4) is 0 Å². The molecule has 0 aliphatic rings. The van der Waals surface area contributed by atoms with Crippen molar-refractivity contribution in [1.29, 1.82) is 0 Å². The van der Waals surface area contributed by atoms with Gasteiger partial charge in [-0.3, -0.25) is 8.80 Å². The van der Waals surface area contributed by atoms with Crippen molar-refractivity contribution in [3.63, 3.8) is 0 Å². The maximum atomic E-state index is 5.50. The minimum atomic E-state index is 0.742. The predicted octanol–water partition coefficient (Wildman–Crippen LogP) is 11.3. The summed E-state index contributed by atoms with van der Waals surface area (Å²) >= 11 is 0. The van der Waals surface area contributed by atoms with E-state index in [0.29, 0.717) is 0 Å². The molecule has 0 saturated carbocycles. The van der Waals surface area contributed by atoms with E-state index in [4.69, 9.17) is 9.97 Å². The number of imidazole rings is 2. The van der Waals surface area contributed by atoms with E-state index in [1.807, 2.05) is 0 Å². The van der Waals surface area contributed by atoms with Crippen LogP contribution in [0.2, 0.25) is 0 Å². The van der Waals surface area contributed by atoms with Gasteiger partial charge in [0.1, 0.15) is 11.3 Å². The summed E-state index contributed by atoms with van der Waals surface area (Å²) in [6.07, 6.45) is 1.48. The highest BCUT2D eigenvalue weighted by Crippen LogP contribution is 2.38. The van der Waals surface area contributed by atoms with E-state index in [1.54, 1.807) is 0 Å². The number of hydrogen-bond donors (Lipinski definition) is 0. The monoisotopic (exact) mass is 642 g/mol. The summed E-state index contributed by atoms with van der Waals surface area (Å²) in [5.41, 5.74) is 13.6. The third-order valence-electron chi connectivity index (χ3n) is 10.3. The van der Waals surface area contributed by atoms with Crippen molar-refractivity contribution in [3.8, 4) is 22.5 Å². The third kappa shape index (κ3) is 4.31. The smallest absolute Gasteiger partial charge is 0.145 e. The Morgan fingerprint density at radius 3 is 1.20 bits per heavy atom. The molecule has 4 aromatic heterocycles. The van der Waals surface area contributed by atoms with Gasteiger partial charge in [-0.15, -0.1) is 0 Å². The molecule has 0 unspecified atom stereocenters. The van der Waals surface area contributed by atoms with Crippen molar-refractivity contribution in [1.82, 2.24) is 18.8 Å². The van der Waals surface area contributed by atoms with Crippen LogP contribution in [0.1, 0.15) is 22.5 Å². The van der Waals surface area contributed by atoms with E-state index in [0.717, 1.165) is 58.0 Å². The second kappa shape index (κ2) is 11.1. The number of benzene rings is 6. The Hall–Kier alpha value is -6.26. The number of nitrogens with zero attached hydrogens (tertiary/aromatic N) is 4. The summed E-state index contributed by atoms with van der Waals surface area (Å²) in [5.74, 6) is 0. The quantitative estimate of drug-likeness (QED) is 0.175. The molecule has 0 fully saturated rings. The average Bonchev–Trinajstić information content (AvgIpc) is 3.74. The van der Waals surface area contributed by atoms with Crippen LogP contribution in [0, 0.1) is 13.8 Å². The lowest BCUT2D eigenvalue weighted by Crippen LogP contribution is -1.99. The highest BCUT2D eigenvalue weighted by atomic mass is 15.0. The molecule has 10 aromatic rings. The Kier molecular flexibility index (Phi) is 6.40. The topological polar surface area (TPSA) is 34.6 Å². The second-order valence-corrected chi connectivity index (χ2v) is 13.5. The molecule has 50 heavy (non-hydrogen) atoms. The molecular weight excluding hydrogens is 609 g/mol. The van der Waals surface area contributed by atoms with Crippen LogP contribution in [0.5, 0.6) is 0 Å². The van der Waals surface area contributed by atoms with Crippen LogP contribution in [0.4, 0.5) is 0 Å². The number of pyridine rings is 2. The Balaban J connectivity index is 1.24. The Morgan fingerprint density at radius 2 is 0.780 bits per heavy atom. The first-order chi connectivity index (χ1) is 24.6. The lowest BCUT2D eigenvalue weighted by atomic mass is 10.0. The van der Waals surface area contributed by atoms with Crippen molar-refractivity contribution in [2.75, 3.05) is 0 Å². The van der Waals surface area contributed by atoms with Gasteiger partial charge in [-0.05, 0) is 61.7 Å². The van der Waals surface area contributed by atoms with Crippen LogP contribution in [-0.2, 0) is 12.8 Å². The average molecular weight is 643 g/mol. The molecule has 0 N–H and O–H groups in total. The van der Waals surface area contributed by atoms with Gasteiger partial charge in [-0.1, -0.05) is 132 Å². The van der Waals surface area contributed by atoms with Gasteiger partial charge in [0.25, 0.3) is 0 Å². The Morgan fingerprint density at radius 1 is 0.400 bits per heavy atom. The summed E-state index contributed by atoms with van der Waals surface area (Å²) in [6, 6.07) is 52.5. The van der Waals surface area contributed by atoms with E-state index in [-0.39, 0.29) is 0 Å². The van der Waals surface area contributed by atoms with Gasteiger partial charge in [0, 0.05) is 32.7 Å². The predicted molar refractivity (Wildman–Crippen MR) is 208 cm³/mol. The van der Waals surface area contributed by atoms with Crippen molar-refractivity contribution in [3.05, 3.63) is 168 Å². The Labute approximate surface area is 289 Å². The first-order valence-electron chi connectivity index (χ1n) is 17.4. The molecular formula is C46H34N4. The van der Waals surface area contributed by atoms with E-state index < -0.39 is 0 Å². The minimum Gasteiger partial charge on any atom is -0.291 e. The maximum Gasteiger partial charge on any atom is 0.145 e. The molecule has 10 rings (SSSR count). The molecule has 0 bridgehead atoms. The molecule has 4 nitrogen and oxygen atoms in total. The molecule has 238 valence electrons. The highest BCUT2D eigenvalue weighted by Gasteiger charge is 2.23. The molecule has 6 aromatic carbocycles. The van der Waals surface area contributed by atoms with Crippen molar-refractivity contribution < 1.29 is 0 Å². The lowest BCUT2D eigenvalue weighted by Gasteiger charge is -2.13. The van der Waals surface area contributed by atoms with E-state index >= 15 is 0 Å². The fraction of sp³-hybridized carbons (Fsp3) is 0.0870. The van der Waals surface area contributed by atoms with Crippen molar-refractivity contribution in [2.24, 2.45) is 0 Å². The molecule has 4 heteroatoms. The first kappa shape index (κ1) is 28.7. The molecule has 0 atom stereocenters. The minimum absolute atomic E-state index is 0.742. The van der Waals surface area contributed by atoms with E-state index in [2.05, 4.69) is 168 Å². The number of aromatic nitrogens is 4. The standard InChI is InChI=1S/C46H34N4/c1-29-21-25-41-37(27-29)33-17-9-11-19-35(33)45-47-39(43(49(41)45)31-13-5-3-6-14-31)23-24-40-44(32-15-7-4-8-16-32)50-42-26-22-30(2)28-38(42)34-18-10-12-20-36(34)46(50)48-40/h3-22,25-28H,23-24H2,1-2H3. The maximum absolute atomic E-state index is 5.50. The van der Waals surface area contributed by atoms with Gasteiger partial charge in [-0.25, -0.2) is 9.97 Å². The fourth-order valence-electron chi connectivity index (χ4n) is 8.08. The first-order valence-corrected chi connectivity index (χ1v) is 17.4. The molecule has 0 aliphatic carbocycles. The normalized spacial score (nSPS) is 12.0. The SMILES string of the molecule is Cc1ccc2c(c1)c1ccccc1c1nc(CCc3nc4c5ccccc5c5cc(C)ccc5n4c3-c3ccccc3)c(-c3ccccc3)n21.